The number of thiol groups is 1. The van der Waals surface area contributed by atoms with Crippen LogP contribution in [0.4, 0.5) is 17.6 Å². The SMILES string of the molecule is CCC(C(=O)S)c1cc(-n2ncc(C(F)(F)F)c(C)c2=O)c(F)cc1Cl. The summed E-state index contributed by atoms with van der Waals surface area (Å²) >= 11 is 9.74. The van der Waals surface area contributed by atoms with Crippen LogP contribution in [0, 0.1) is 12.7 Å². The maximum absolute atomic E-state index is 14.3. The zero-order valence-electron chi connectivity index (χ0n) is 13.6. The third-order valence-corrected chi connectivity index (χ3v) is 4.54. The standard InChI is InChI=1S/C16H13ClF4N2O2S/c1-3-8(15(25)26)9-4-13(12(18)5-11(9)17)23-14(24)7(2)10(6-22-23)16(19,20)21/h4-6,8H,3H2,1-2H3,(H,25,26). The van der Waals surface area contributed by atoms with Gasteiger partial charge in [-0.3, -0.25) is 9.59 Å². The van der Waals surface area contributed by atoms with Crippen LogP contribution >= 0.6 is 24.2 Å². The highest BCUT2D eigenvalue weighted by Gasteiger charge is 2.34. The van der Waals surface area contributed by atoms with Gasteiger partial charge in [0.05, 0.1) is 17.7 Å². The Morgan fingerprint density at radius 1 is 1.38 bits per heavy atom. The molecule has 4 nitrogen and oxygen atoms in total. The second-order valence-electron chi connectivity index (χ2n) is 5.52. The third kappa shape index (κ3) is 3.78. The molecule has 1 heterocycles. The molecule has 1 atom stereocenters. The van der Waals surface area contributed by atoms with E-state index in [1.54, 1.807) is 6.92 Å². The fourth-order valence-corrected chi connectivity index (χ4v) is 3.11. The molecule has 0 aliphatic heterocycles. The van der Waals surface area contributed by atoms with E-state index in [1.807, 2.05) is 0 Å². The summed E-state index contributed by atoms with van der Waals surface area (Å²) in [5.41, 5.74) is -3.15. The van der Waals surface area contributed by atoms with Gasteiger partial charge in [0.15, 0.2) is 10.9 Å². The van der Waals surface area contributed by atoms with Crippen molar-refractivity contribution in [2.24, 2.45) is 0 Å². The van der Waals surface area contributed by atoms with Crippen molar-refractivity contribution in [3.8, 4) is 5.69 Å². The quantitative estimate of drug-likeness (QED) is 0.606. The number of hydrogen-bond acceptors (Lipinski definition) is 3. The molecule has 0 fully saturated rings. The summed E-state index contributed by atoms with van der Waals surface area (Å²) in [6.45, 7) is 2.66. The predicted molar refractivity (Wildman–Crippen MR) is 91.6 cm³/mol. The molecule has 0 bridgehead atoms. The van der Waals surface area contributed by atoms with Crippen LogP contribution in [0.1, 0.15) is 36.0 Å². The minimum atomic E-state index is -4.76. The van der Waals surface area contributed by atoms with Crippen molar-refractivity contribution in [1.82, 2.24) is 9.78 Å². The van der Waals surface area contributed by atoms with E-state index in [1.165, 1.54) is 0 Å². The molecule has 0 saturated carbocycles. The van der Waals surface area contributed by atoms with Crippen LogP contribution in [-0.4, -0.2) is 14.9 Å². The Balaban J connectivity index is 2.72. The van der Waals surface area contributed by atoms with Crippen LogP contribution in [0.3, 0.4) is 0 Å². The van der Waals surface area contributed by atoms with Gasteiger partial charge in [0.25, 0.3) is 5.56 Å². The van der Waals surface area contributed by atoms with Crippen LogP contribution in [0.15, 0.2) is 23.1 Å². The molecule has 0 aliphatic carbocycles. The van der Waals surface area contributed by atoms with Gasteiger partial charge >= 0.3 is 6.18 Å². The van der Waals surface area contributed by atoms with Gasteiger partial charge in [0.2, 0.25) is 0 Å². The van der Waals surface area contributed by atoms with E-state index in [4.69, 9.17) is 11.6 Å². The van der Waals surface area contributed by atoms with Crippen molar-refractivity contribution in [2.45, 2.75) is 32.4 Å². The molecular formula is C16H13ClF4N2O2S. The lowest BCUT2D eigenvalue weighted by Gasteiger charge is -2.16. The predicted octanol–water partition coefficient (Wildman–Crippen LogP) is 4.30. The van der Waals surface area contributed by atoms with E-state index < -0.39 is 45.4 Å². The molecule has 140 valence electrons. The average molecular weight is 409 g/mol. The Morgan fingerprint density at radius 2 is 2.00 bits per heavy atom. The highest BCUT2D eigenvalue weighted by atomic mass is 35.5. The zero-order valence-corrected chi connectivity index (χ0v) is 15.2. The topological polar surface area (TPSA) is 52.0 Å². The van der Waals surface area contributed by atoms with Gasteiger partial charge in [0.1, 0.15) is 5.69 Å². The fourth-order valence-electron chi connectivity index (χ4n) is 2.51. The van der Waals surface area contributed by atoms with Gasteiger partial charge in [-0.1, -0.05) is 18.5 Å². The number of rotatable bonds is 4. The lowest BCUT2D eigenvalue weighted by molar-refractivity contribution is -0.138. The maximum atomic E-state index is 14.3. The van der Waals surface area contributed by atoms with Gasteiger partial charge in [-0.25, -0.2) is 4.39 Å². The molecule has 1 aromatic carbocycles. The highest BCUT2D eigenvalue weighted by Crippen LogP contribution is 2.33. The van der Waals surface area contributed by atoms with E-state index in [2.05, 4.69) is 17.7 Å². The van der Waals surface area contributed by atoms with E-state index in [-0.39, 0.29) is 10.6 Å². The molecule has 1 unspecified atom stereocenters. The Morgan fingerprint density at radius 3 is 2.50 bits per heavy atom. The minimum absolute atomic E-state index is 0.0582. The van der Waals surface area contributed by atoms with Crippen LogP contribution in [0.2, 0.25) is 5.02 Å². The van der Waals surface area contributed by atoms with Crippen LogP contribution in [0.5, 0.6) is 0 Å². The molecule has 0 radical (unpaired) electrons. The number of carbonyl (C=O) groups excluding carboxylic acids is 1. The molecule has 2 rings (SSSR count). The lowest BCUT2D eigenvalue weighted by Crippen LogP contribution is -2.28. The second kappa shape index (κ2) is 7.40. The summed E-state index contributed by atoms with van der Waals surface area (Å²) < 4.78 is 53.5. The number of benzene rings is 1. The first-order valence-electron chi connectivity index (χ1n) is 7.37. The van der Waals surface area contributed by atoms with Crippen molar-refractivity contribution in [3.63, 3.8) is 0 Å². The van der Waals surface area contributed by atoms with Crippen LogP contribution < -0.4 is 5.56 Å². The zero-order chi connectivity index (χ0) is 19.8. The van der Waals surface area contributed by atoms with Crippen molar-refractivity contribution in [3.05, 3.63) is 56.2 Å². The average Bonchev–Trinajstić information content (AvgIpc) is 2.51. The summed E-state index contributed by atoms with van der Waals surface area (Å²) in [5.74, 6) is -1.73. The molecule has 26 heavy (non-hydrogen) atoms. The summed E-state index contributed by atoms with van der Waals surface area (Å²) in [4.78, 5) is 23.9. The van der Waals surface area contributed by atoms with Crippen LogP contribution in [-0.2, 0) is 11.0 Å². The normalized spacial score (nSPS) is 12.9. The summed E-state index contributed by atoms with van der Waals surface area (Å²) in [6.07, 6.45) is -4.00. The van der Waals surface area contributed by atoms with Gasteiger partial charge in [-0.15, -0.1) is 12.6 Å². The summed E-state index contributed by atoms with van der Waals surface area (Å²) in [7, 11) is 0. The Labute approximate surface area is 156 Å². The molecule has 0 saturated heterocycles. The van der Waals surface area contributed by atoms with Gasteiger partial charge in [0, 0.05) is 10.6 Å². The number of carbonyl (C=O) groups is 1. The molecular weight excluding hydrogens is 396 g/mol. The third-order valence-electron chi connectivity index (χ3n) is 3.90. The van der Waals surface area contributed by atoms with Crippen molar-refractivity contribution >= 4 is 29.3 Å². The Bertz CT molecular complexity index is 928. The van der Waals surface area contributed by atoms with Crippen molar-refractivity contribution < 1.29 is 22.4 Å². The Hall–Kier alpha value is -1.87. The van der Waals surface area contributed by atoms with E-state index >= 15 is 0 Å². The van der Waals surface area contributed by atoms with Crippen LogP contribution in [0.25, 0.3) is 5.69 Å². The molecule has 1 aromatic heterocycles. The summed E-state index contributed by atoms with van der Waals surface area (Å²) in [5, 5.41) is 2.86. The molecule has 0 amide bonds. The first kappa shape index (κ1) is 20.4. The first-order valence-corrected chi connectivity index (χ1v) is 8.19. The van der Waals surface area contributed by atoms with Crippen molar-refractivity contribution in [2.75, 3.05) is 0 Å². The van der Waals surface area contributed by atoms with E-state index in [9.17, 15) is 27.2 Å². The molecule has 2 aromatic rings. The minimum Gasteiger partial charge on any atom is -0.287 e. The number of hydrogen-bond donors (Lipinski definition) is 1. The molecule has 0 N–H and O–H groups in total. The lowest BCUT2D eigenvalue weighted by atomic mass is 9.97. The fraction of sp³-hybridized carbons (Fsp3) is 0.312. The number of aromatic nitrogens is 2. The first-order chi connectivity index (χ1) is 12.0. The van der Waals surface area contributed by atoms with Gasteiger partial charge < -0.3 is 0 Å². The van der Waals surface area contributed by atoms with Crippen molar-refractivity contribution in [1.29, 1.82) is 0 Å². The largest absolute Gasteiger partial charge is 0.418 e. The Kier molecular flexibility index (Phi) is 5.82. The summed E-state index contributed by atoms with van der Waals surface area (Å²) in [6, 6.07) is 2.01. The highest BCUT2D eigenvalue weighted by molar-refractivity contribution is 7.96. The number of halogens is 5. The monoisotopic (exact) mass is 408 g/mol. The molecule has 0 spiro atoms. The van der Waals surface area contributed by atoms with E-state index in [0.717, 1.165) is 19.1 Å². The molecule has 0 aliphatic rings. The molecule has 10 heteroatoms. The van der Waals surface area contributed by atoms with Gasteiger partial charge in [-0.2, -0.15) is 23.0 Å². The second-order valence-corrected chi connectivity index (χ2v) is 6.37. The smallest absolute Gasteiger partial charge is 0.287 e. The van der Waals surface area contributed by atoms with Gasteiger partial charge in [-0.05, 0) is 31.0 Å². The van der Waals surface area contributed by atoms with E-state index in [0.29, 0.717) is 17.3 Å². The number of nitrogens with zero attached hydrogens (tertiary/aromatic N) is 2. The maximum Gasteiger partial charge on any atom is 0.418 e. The number of alkyl halides is 3.